The summed E-state index contributed by atoms with van der Waals surface area (Å²) in [5.74, 6) is 0.710. The molecule has 1 aliphatic rings. The van der Waals surface area contributed by atoms with Crippen molar-refractivity contribution in [1.82, 2.24) is 0 Å². The number of ether oxygens (including phenoxy) is 1. The van der Waals surface area contributed by atoms with Gasteiger partial charge in [-0.15, -0.1) is 0 Å². The van der Waals surface area contributed by atoms with Crippen LogP contribution in [0.4, 0.5) is 0 Å². The summed E-state index contributed by atoms with van der Waals surface area (Å²) in [5, 5.41) is 10.3. The molecule has 0 amide bonds. The van der Waals surface area contributed by atoms with Crippen LogP contribution in [0.2, 0.25) is 0 Å². The van der Waals surface area contributed by atoms with E-state index in [0.29, 0.717) is 10.8 Å². The Labute approximate surface area is 111 Å². The third kappa shape index (κ3) is 3.15. The molecule has 0 radical (unpaired) electrons. The van der Waals surface area contributed by atoms with Crippen molar-refractivity contribution in [2.24, 2.45) is 0 Å². The Morgan fingerprint density at radius 2 is 2.35 bits per heavy atom. The topological polar surface area (TPSA) is 29.5 Å². The first kappa shape index (κ1) is 12.7. The number of benzene rings is 1. The number of aliphatic hydroxyl groups is 1. The van der Waals surface area contributed by atoms with Crippen molar-refractivity contribution < 1.29 is 9.84 Å². The third-order valence-corrected chi connectivity index (χ3v) is 3.49. The Bertz CT molecular complexity index is 429. The molecule has 2 rings (SSSR count). The van der Waals surface area contributed by atoms with E-state index in [0.717, 1.165) is 24.8 Å². The molecule has 0 spiro atoms. The fraction of sp³-hybridized carbons (Fsp3) is 0.385. The zero-order valence-corrected chi connectivity index (χ0v) is 10.8. The number of fused-ring (bicyclic) bond motifs is 1. The minimum Gasteiger partial charge on any atom is -0.488 e. The standard InChI is InChI=1S/C13H14Cl2O2/c14-7-10(15)8-17-11-5-4-9-2-1-3-13(16)12(9)6-11/h4-7,13,16H,1-3,8H2/b10-7-/t13-/m1/s1. The lowest BCUT2D eigenvalue weighted by atomic mass is 9.89. The van der Waals surface area contributed by atoms with Crippen LogP contribution < -0.4 is 4.74 Å². The fourth-order valence-corrected chi connectivity index (χ4v) is 2.14. The summed E-state index contributed by atoms with van der Waals surface area (Å²) in [5.41, 5.74) is 3.46. The molecule has 17 heavy (non-hydrogen) atoms. The summed E-state index contributed by atoms with van der Waals surface area (Å²) in [6.07, 6.45) is 2.50. The van der Waals surface area contributed by atoms with Crippen molar-refractivity contribution in [1.29, 1.82) is 0 Å². The second-order valence-corrected chi connectivity index (χ2v) is 4.82. The predicted octanol–water partition coefficient (Wildman–Crippen LogP) is 3.75. The van der Waals surface area contributed by atoms with Crippen LogP contribution in [0.25, 0.3) is 0 Å². The summed E-state index contributed by atoms with van der Waals surface area (Å²) < 4.78 is 5.48. The lowest BCUT2D eigenvalue weighted by Crippen LogP contribution is -2.09. The van der Waals surface area contributed by atoms with Crippen LogP contribution in [0.3, 0.4) is 0 Å². The SMILES string of the molecule is O[C@@H]1CCCc2ccc(OC/C(Cl)=C/Cl)cc21. The maximum Gasteiger partial charge on any atom is 0.125 e. The molecule has 1 N–H and O–H groups in total. The highest BCUT2D eigenvalue weighted by Crippen LogP contribution is 2.32. The highest BCUT2D eigenvalue weighted by molar-refractivity contribution is 6.36. The number of hydrogen-bond acceptors (Lipinski definition) is 2. The van der Waals surface area contributed by atoms with Crippen molar-refractivity contribution in [3.05, 3.63) is 39.9 Å². The molecule has 0 saturated heterocycles. The lowest BCUT2D eigenvalue weighted by Gasteiger charge is -2.21. The van der Waals surface area contributed by atoms with Crippen LogP contribution in [0, 0.1) is 0 Å². The molecule has 1 aliphatic carbocycles. The summed E-state index contributed by atoms with van der Waals surface area (Å²) >= 11 is 11.2. The maximum atomic E-state index is 9.90. The molecule has 0 aromatic heterocycles. The van der Waals surface area contributed by atoms with Crippen LogP contribution in [0.5, 0.6) is 5.75 Å². The van der Waals surface area contributed by atoms with E-state index >= 15 is 0 Å². The molecular formula is C13H14Cl2O2. The van der Waals surface area contributed by atoms with Crippen LogP contribution >= 0.6 is 23.2 Å². The average molecular weight is 273 g/mol. The van der Waals surface area contributed by atoms with Gasteiger partial charge in [-0.25, -0.2) is 0 Å². The molecule has 0 unspecified atom stereocenters. The Kier molecular flexibility index (Phi) is 4.32. The number of aliphatic hydroxyl groups excluding tert-OH is 1. The number of rotatable bonds is 3. The Balaban J connectivity index is 2.12. The van der Waals surface area contributed by atoms with Crippen molar-refractivity contribution in [2.45, 2.75) is 25.4 Å². The van der Waals surface area contributed by atoms with E-state index < -0.39 is 0 Å². The van der Waals surface area contributed by atoms with Crippen molar-refractivity contribution in [3.63, 3.8) is 0 Å². The highest BCUT2D eigenvalue weighted by Gasteiger charge is 2.18. The Hall–Kier alpha value is -0.700. The second-order valence-electron chi connectivity index (χ2n) is 4.11. The molecular weight excluding hydrogens is 259 g/mol. The van der Waals surface area contributed by atoms with Gasteiger partial charge in [-0.1, -0.05) is 29.3 Å². The first-order chi connectivity index (χ1) is 8.20. The maximum absolute atomic E-state index is 9.90. The Morgan fingerprint density at radius 1 is 1.53 bits per heavy atom. The van der Waals surface area contributed by atoms with E-state index in [9.17, 15) is 5.11 Å². The largest absolute Gasteiger partial charge is 0.488 e. The molecule has 0 fully saturated rings. The van der Waals surface area contributed by atoms with E-state index in [1.807, 2.05) is 18.2 Å². The minimum absolute atomic E-state index is 0.250. The summed E-state index contributed by atoms with van der Waals surface area (Å²) in [6, 6.07) is 5.79. The lowest BCUT2D eigenvalue weighted by molar-refractivity contribution is 0.156. The normalized spacial score (nSPS) is 19.9. The van der Waals surface area contributed by atoms with Gasteiger partial charge in [-0.3, -0.25) is 0 Å². The van der Waals surface area contributed by atoms with E-state index in [4.69, 9.17) is 27.9 Å². The molecule has 1 aromatic carbocycles. The zero-order valence-electron chi connectivity index (χ0n) is 9.33. The van der Waals surface area contributed by atoms with Crippen molar-refractivity contribution in [2.75, 3.05) is 6.61 Å². The van der Waals surface area contributed by atoms with Crippen molar-refractivity contribution >= 4 is 23.2 Å². The summed E-state index contributed by atoms with van der Waals surface area (Å²) in [7, 11) is 0. The first-order valence-electron chi connectivity index (χ1n) is 5.59. The van der Waals surface area contributed by atoms with Crippen LogP contribution in [0.15, 0.2) is 28.8 Å². The van der Waals surface area contributed by atoms with Crippen molar-refractivity contribution in [3.8, 4) is 5.75 Å². The molecule has 0 aliphatic heterocycles. The summed E-state index contributed by atoms with van der Waals surface area (Å²) in [4.78, 5) is 0. The Morgan fingerprint density at radius 3 is 3.12 bits per heavy atom. The van der Waals surface area contributed by atoms with Crippen LogP contribution in [0.1, 0.15) is 30.1 Å². The molecule has 0 bridgehead atoms. The minimum atomic E-state index is -0.374. The molecule has 0 saturated carbocycles. The molecule has 1 aromatic rings. The zero-order chi connectivity index (χ0) is 12.3. The van der Waals surface area contributed by atoms with Gasteiger partial charge in [0.2, 0.25) is 0 Å². The van der Waals surface area contributed by atoms with Gasteiger partial charge < -0.3 is 9.84 Å². The van der Waals surface area contributed by atoms with Gasteiger partial charge in [-0.05, 0) is 42.5 Å². The van der Waals surface area contributed by atoms with Gasteiger partial charge >= 0.3 is 0 Å². The van der Waals surface area contributed by atoms with E-state index in [-0.39, 0.29) is 12.7 Å². The fourth-order valence-electron chi connectivity index (χ4n) is 2.03. The van der Waals surface area contributed by atoms with E-state index in [2.05, 4.69) is 0 Å². The number of halogens is 2. The number of hydrogen-bond donors (Lipinski definition) is 1. The molecule has 2 nitrogen and oxygen atoms in total. The molecule has 4 heteroatoms. The smallest absolute Gasteiger partial charge is 0.125 e. The van der Waals surface area contributed by atoms with Crippen LogP contribution in [-0.2, 0) is 6.42 Å². The van der Waals surface area contributed by atoms with Gasteiger partial charge in [0.05, 0.1) is 11.1 Å². The molecule has 1 atom stereocenters. The first-order valence-corrected chi connectivity index (χ1v) is 6.40. The van der Waals surface area contributed by atoms with Gasteiger partial charge in [0, 0.05) is 5.54 Å². The second kappa shape index (κ2) is 5.76. The van der Waals surface area contributed by atoms with Gasteiger partial charge in [0.25, 0.3) is 0 Å². The van der Waals surface area contributed by atoms with Gasteiger partial charge in [-0.2, -0.15) is 0 Å². The molecule has 0 heterocycles. The monoisotopic (exact) mass is 272 g/mol. The number of aryl methyl sites for hydroxylation is 1. The third-order valence-electron chi connectivity index (χ3n) is 2.90. The van der Waals surface area contributed by atoms with Crippen LogP contribution in [-0.4, -0.2) is 11.7 Å². The quantitative estimate of drug-likeness (QED) is 0.908. The summed E-state index contributed by atoms with van der Waals surface area (Å²) in [6.45, 7) is 0.250. The molecule has 92 valence electrons. The van der Waals surface area contributed by atoms with Gasteiger partial charge in [0.15, 0.2) is 0 Å². The van der Waals surface area contributed by atoms with E-state index in [1.54, 1.807) is 0 Å². The average Bonchev–Trinajstić information content (AvgIpc) is 2.36. The highest BCUT2D eigenvalue weighted by atomic mass is 35.5. The van der Waals surface area contributed by atoms with Gasteiger partial charge in [0.1, 0.15) is 12.4 Å². The van der Waals surface area contributed by atoms with E-state index in [1.165, 1.54) is 11.1 Å². The predicted molar refractivity (Wildman–Crippen MR) is 69.6 cm³/mol.